The predicted molar refractivity (Wildman–Crippen MR) is 100 cm³/mol. The van der Waals surface area contributed by atoms with Gasteiger partial charge in [0.2, 0.25) is 17.7 Å². The van der Waals surface area contributed by atoms with Gasteiger partial charge in [0, 0.05) is 51.8 Å². The molecule has 2 saturated heterocycles. The van der Waals surface area contributed by atoms with Crippen molar-refractivity contribution >= 4 is 17.7 Å². The summed E-state index contributed by atoms with van der Waals surface area (Å²) in [5, 5.41) is 0. The summed E-state index contributed by atoms with van der Waals surface area (Å²) in [5.41, 5.74) is -0.267. The Hall–Kier alpha value is -1.67. The summed E-state index contributed by atoms with van der Waals surface area (Å²) in [7, 11) is 1.59. The molecule has 2 fully saturated rings. The van der Waals surface area contributed by atoms with E-state index in [4.69, 9.17) is 9.47 Å². The second kappa shape index (κ2) is 9.50. The smallest absolute Gasteiger partial charge is 0.248 e. The van der Waals surface area contributed by atoms with Crippen molar-refractivity contribution in [2.75, 3.05) is 59.7 Å². The van der Waals surface area contributed by atoms with E-state index in [2.05, 4.69) is 0 Å². The molecule has 0 aromatic heterocycles. The molecule has 0 saturated carbocycles. The highest BCUT2D eigenvalue weighted by Crippen LogP contribution is 2.27. The SMILES string of the molecule is COCCOCC(=O)N1CCCN(C(=O)C2CC(=O)N(C(C)(C)C)C2)CC1. The van der Waals surface area contributed by atoms with E-state index in [0.29, 0.717) is 45.9 Å². The average molecular weight is 383 g/mol. The lowest BCUT2D eigenvalue weighted by atomic mass is 10.1. The van der Waals surface area contributed by atoms with Crippen LogP contribution in [0.3, 0.4) is 0 Å². The third kappa shape index (κ3) is 5.90. The zero-order valence-electron chi connectivity index (χ0n) is 17.0. The molecule has 2 rings (SSSR count). The number of amides is 3. The predicted octanol–water partition coefficient (Wildman–Crippen LogP) is 0.357. The van der Waals surface area contributed by atoms with E-state index in [9.17, 15) is 14.4 Å². The maximum Gasteiger partial charge on any atom is 0.248 e. The molecule has 1 unspecified atom stereocenters. The van der Waals surface area contributed by atoms with Crippen molar-refractivity contribution < 1.29 is 23.9 Å². The number of hydrogen-bond acceptors (Lipinski definition) is 5. The number of carbonyl (C=O) groups is 3. The summed E-state index contributed by atoms with van der Waals surface area (Å²) in [5.74, 6) is -0.270. The molecule has 3 amide bonds. The first-order valence-corrected chi connectivity index (χ1v) is 9.67. The molecule has 2 heterocycles. The van der Waals surface area contributed by atoms with Crippen molar-refractivity contribution in [2.24, 2.45) is 5.92 Å². The Morgan fingerprint density at radius 3 is 2.37 bits per heavy atom. The molecule has 154 valence electrons. The molecule has 2 aliphatic heterocycles. The van der Waals surface area contributed by atoms with E-state index in [-0.39, 0.29) is 42.2 Å². The van der Waals surface area contributed by atoms with Gasteiger partial charge in [0.25, 0.3) is 0 Å². The highest BCUT2D eigenvalue weighted by Gasteiger charge is 2.41. The first-order chi connectivity index (χ1) is 12.7. The summed E-state index contributed by atoms with van der Waals surface area (Å²) >= 11 is 0. The van der Waals surface area contributed by atoms with Gasteiger partial charge in [-0.05, 0) is 27.2 Å². The standard InChI is InChI=1S/C19H33N3O5/c1-19(2,3)22-13-15(12-16(22)23)18(25)21-7-5-6-20(8-9-21)17(24)14-27-11-10-26-4/h15H,5-14H2,1-4H3. The molecule has 8 nitrogen and oxygen atoms in total. The van der Waals surface area contributed by atoms with Gasteiger partial charge in [-0.25, -0.2) is 0 Å². The first-order valence-electron chi connectivity index (χ1n) is 9.67. The second-order valence-electron chi connectivity index (χ2n) is 8.18. The molecule has 0 N–H and O–H groups in total. The molecule has 0 bridgehead atoms. The van der Waals surface area contributed by atoms with E-state index in [1.54, 1.807) is 16.9 Å². The van der Waals surface area contributed by atoms with Crippen molar-refractivity contribution in [3.8, 4) is 0 Å². The molecule has 8 heteroatoms. The Balaban J connectivity index is 1.84. The quantitative estimate of drug-likeness (QED) is 0.619. The van der Waals surface area contributed by atoms with Crippen molar-refractivity contribution in [3.05, 3.63) is 0 Å². The van der Waals surface area contributed by atoms with E-state index in [1.807, 2.05) is 25.7 Å². The first kappa shape index (κ1) is 21.6. The third-order valence-electron chi connectivity index (χ3n) is 5.10. The molecule has 0 aliphatic carbocycles. The van der Waals surface area contributed by atoms with Crippen LogP contribution >= 0.6 is 0 Å². The maximum absolute atomic E-state index is 12.9. The maximum atomic E-state index is 12.9. The Labute approximate surface area is 161 Å². The van der Waals surface area contributed by atoms with Crippen molar-refractivity contribution in [1.29, 1.82) is 0 Å². The van der Waals surface area contributed by atoms with Gasteiger partial charge in [-0.2, -0.15) is 0 Å². The van der Waals surface area contributed by atoms with Crippen LogP contribution in [-0.4, -0.2) is 97.6 Å². The average Bonchev–Trinajstić information content (AvgIpc) is 2.85. The number of rotatable bonds is 6. The van der Waals surface area contributed by atoms with E-state index < -0.39 is 0 Å². The van der Waals surface area contributed by atoms with Crippen LogP contribution < -0.4 is 0 Å². The van der Waals surface area contributed by atoms with Crippen molar-refractivity contribution in [1.82, 2.24) is 14.7 Å². The van der Waals surface area contributed by atoms with Crippen LogP contribution in [-0.2, 0) is 23.9 Å². The van der Waals surface area contributed by atoms with Crippen LogP contribution in [0.4, 0.5) is 0 Å². The molecular formula is C19H33N3O5. The minimum absolute atomic E-state index is 0.0285. The summed E-state index contributed by atoms with van der Waals surface area (Å²) < 4.78 is 10.2. The van der Waals surface area contributed by atoms with Gasteiger partial charge in [-0.15, -0.1) is 0 Å². The van der Waals surface area contributed by atoms with Crippen molar-refractivity contribution in [2.45, 2.75) is 39.2 Å². The number of ether oxygens (including phenoxy) is 2. The van der Waals surface area contributed by atoms with Gasteiger partial charge < -0.3 is 24.2 Å². The largest absolute Gasteiger partial charge is 0.382 e. The molecule has 27 heavy (non-hydrogen) atoms. The van der Waals surface area contributed by atoms with E-state index in [0.717, 1.165) is 6.42 Å². The number of nitrogens with zero attached hydrogens (tertiary/aromatic N) is 3. The molecule has 0 radical (unpaired) electrons. The van der Waals surface area contributed by atoms with Crippen LogP contribution in [0.1, 0.15) is 33.6 Å². The highest BCUT2D eigenvalue weighted by atomic mass is 16.5. The lowest BCUT2D eigenvalue weighted by Crippen LogP contribution is -2.44. The van der Waals surface area contributed by atoms with Crippen LogP contribution in [0.2, 0.25) is 0 Å². The van der Waals surface area contributed by atoms with Crippen LogP contribution in [0.15, 0.2) is 0 Å². The van der Waals surface area contributed by atoms with Crippen molar-refractivity contribution in [3.63, 3.8) is 0 Å². The molecule has 0 aromatic rings. The molecular weight excluding hydrogens is 350 g/mol. The Kier molecular flexibility index (Phi) is 7.61. The fourth-order valence-corrected chi connectivity index (χ4v) is 3.56. The second-order valence-corrected chi connectivity index (χ2v) is 8.18. The van der Waals surface area contributed by atoms with E-state index >= 15 is 0 Å². The number of hydrogen-bond donors (Lipinski definition) is 0. The van der Waals surface area contributed by atoms with Gasteiger partial charge in [0.1, 0.15) is 6.61 Å². The van der Waals surface area contributed by atoms with Gasteiger partial charge in [0.15, 0.2) is 0 Å². The van der Waals surface area contributed by atoms with Gasteiger partial charge in [-0.1, -0.05) is 0 Å². The summed E-state index contributed by atoms with van der Waals surface area (Å²) in [6.07, 6.45) is 1.02. The monoisotopic (exact) mass is 383 g/mol. The summed E-state index contributed by atoms with van der Waals surface area (Å²) in [6, 6.07) is 0. The number of likely N-dealkylation sites (tertiary alicyclic amines) is 1. The molecule has 2 aliphatic rings. The molecule has 0 aromatic carbocycles. The minimum atomic E-state index is -0.281. The molecule has 0 spiro atoms. The lowest BCUT2D eigenvalue weighted by molar-refractivity contribution is -0.138. The summed E-state index contributed by atoms with van der Waals surface area (Å²) in [4.78, 5) is 42.8. The topological polar surface area (TPSA) is 79.4 Å². The normalized spacial score (nSPS) is 21.6. The summed E-state index contributed by atoms with van der Waals surface area (Å²) in [6.45, 7) is 9.57. The van der Waals surface area contributed by atoms with Gasteiger partial charge in [0.05, 0.1) is 19.1 Å². The minimum Gasteiger partial charge on any atom is -0.382 e. The van der Waals surface area contributed by atoms with E-state index in [1.165, 1.54) is 0 Å². The van der Waals surface area contributed by atoms with Crippen LogP contribution in [0.5, 0.6) is 0 Å². The zero-order chi connectivity index (χ0) is 20.0. The fraction of sp³-hybridized carbons (Fsp3) is 0.842. The van der Waals surface area contributed by atoms with Gasteiger partial charge >= 0.3 is 0 Å². The zero-order valence-corrected chi connectivity index (χ0v) is 17.0. The fourth-order valence-electron chi connectivity index (χ4n) is 3.56. The van der Waals surface area contributed by atoms with Gasteiger partial charge in [-0.3, -0.25) is 14.4 Å². The Bertz CT molecular complexity index is 546. The number of methoxy groups -OCH3 is 1. The van der Waals surface area contributed by atoms with Crippen LogP contribution in [0, 0.1) is 5.92 Å². The number of carbonyl (C=O) groups excluding carboxylic acids is 3. The Morgan fingerprint density at radius 1 is 1.07 bits per heavy atom. The highest BCUT2D eigenvalue weighted by molar-refractivity contribution is 5.89. The third-order valence-corrected chi connectivity index (χ3v) is 5.10. The lowest BCUT2D eigenvalue weighted by Gasteiger charge is -2.32. The molecule has 1 atom stereocenters. The van der Waals surface area contributed by atoms with Crippen LogP contribution in [0.25, 0.3) is 0 Å². The Morgan fingerprint density at radius 2 is 1.74 bits per heavy atom.